The normalized spacial score (nSPS) is 10.2. The molecule has 0 aromatic heterocycles. The average molecular weight is 318 g/mol. The van der Waals surface area contributed by atoms with Crippen LogP contribution < -0.4 is 15.4 Å². The molecule has 0 heterocycles. The highest BCUT2D eigenvalue weighted by atomic mass is 16.5. The van der Waals surface area contributed by atoms with Crippen molar-refractivity contribution in [3.63, 3.8) is 0 Å². The Morgan fingerprint density at radius 1 is 0.667 bits per heavy atom. The first-order valence-electron chi connectivity index (χ1n) is 8.08. The largest absolute Gasteiger partial charge is 0.497 e. The van der Waals surface area contributed by atoms with Gasteiger partial charge in [0.05, 0.1) is 7.11 Å². The number of nitrogens with one attached hydrogen (secondary N) is 2. The lowest BCUT2D eigenvalue weighted by atomic mass is 10.2. The fraction of sp³-hybridized carbons (Fsp3) is 0.143. The molecule has 0 saturated carbocycles. The van der Waals surface area contributed by atoms with Gasteiger partial charge in [0.1, 0.15) is 5.75 Å². The summed E-state index contributed by atoms with van der Waals surface area (Å²) in [6.45, 7) is 1.61. The van der Waals surface area contributed by atoms with Crippen LogP contribution in [0.4, 0.5) is 11.4 Å². The van der Waals surface area contributed by atoms with Crippen molar-refractivity contribution in [1.82, 2.24) is 0 Å². The minimum absolute atomic E-state index is 0.784. The number of benzene rings is 3. The van der Waals surface area contributed by atoms with Crippen molar-refractivity contribution in [3.8, 4) is 5.75 Å². The van der Waals surface area contributed by atoms with E-state index in [0.717, 1.165) is 30.2 Å². The molecular formula is C21H22N2O. The van der Waals surface area contributed by atoms with Crippen molar-refractivity contribution in [2.45, 2.75) is 13.1 Å². The molecular weight excluding hydrogens is 296 g/mol. The van der Waals surface area contributed by atoms with Crippen molar-refractivity contribution < 1.29 is 4.74 Å². The number of rotatable bonds is 7. The molecule has 3 nitrogen and oxygen atoms in total. The predicted molar refractivity (Wildman–Crippen MR) is 101 cm³/mol. The van der Waals surface area contributed by atoms with Crippen molar-refractivity contribution in [1.29, 1.82) is 0 Å². The van der Waals surface area contributed by atoms with Crippen molar-refractivity contribution in [2.75, 3.05) is 17.7 Å². The summed E-state index contributed by atoms with van der Waals surface area (Å²) in [5, 5.41) is 6.91. The van der Waals surface area contributed by atoms with Gasteiger partial charge in [-0.1, -0.05) is 48.5 Å². The Morgan fingerprint density at radius 2 is 1.25 bits per heavy atom. The second-order valence-electron chi connectivity index (χ2n) is 5.62. The van der Waals surface area contributed by atoms with E-state index in [0.29, 0.717) is 0 Å². The summed E-state index contributed by atoms with van der Waals surface area (Å²) in [5.41, 5.74) is 4.70. The number of hydrogen-bond acceptors (Lipinski definition) is 3. The van der Waals surface area contributed by atoms with Gasteiger partial charge in [-0.3, -0.25) is 0 Å². The molecule has 0 atom stereocenters. The van der Waals surface area contributed by atoms with E-state index in [9.17, 15) is 0 Å². The Kier molecular flexibility index (Phi) is 5.36. The molecule has 0 aliphatic heterocycles. The van der Waals surface area contributed by atoms with E-state index in [4.69, 9.17) is 4.74 Å². The number of methoxy groups -OCH3 is 1. The van der Waals surface area contributed by atoms with Gasteiger partial charge in [0, 0.05) is 24.5 Å². The van der Waals surface area contributed by atoms with E-state index >= 15 is 0 Å². The molecule has 0 unspecified atom stereocenters. The number of anilines is 2. The Labute approximate surface area is 143 Å². The van der Waals surface area contributed by atoms with Gasteiger partial charge in [-0.25, -0.2) is 0 Å². The smallest absolute Gasteiger partial charge is 0.118 e. The first-order valence-corrected chi connectivity index (χ1v) is 8.08. The Hall–Kier alpha value is -2.94. The lowest BCUT2D eigenvalue weighted by Crippen LogP contribution is -2.02. The molecule has 0 aliphatic rings. The molecule has 0 aliphatic carbocycles. The summed E-state index contributed by atoms with van der Waals surface area (Å²) >= 11 is 0. The zero-order valence-electron chi connectivity index (χ0n) is 13.8. The maximum Gasteiger partial charge on any atom is 0.118 e. The Morgan fingerprint density at radius 3 is 1.83 bits per heavy atom. The first kappa shape index (κ1) is 15.9. The highest BCUT2D eigenvalue weighted by Gasteiger charge is 1.98. The first-order chi connectivity index (χ1) is 11.8. The van der Waals surface area contributed by atoms with Crippen LogP contribution in [0.5, 0.6) is 5.75 Å². The van der Waals surface area contributed by atoms with Crippen LogP contribution in [0.1, 0.15) is 11.1 Å². The molecule has 122 valence electrons. The van der Waals surface area contributed by atoms with Gasteiger partial charge < -0.3 is 15.4 Å². The van der Waals surface area contributed by atoms with Crippen LogP contribution in [0, 0.1) is 0 Å². The molecule has 24 heavy (non-hydrogen) atoms. The van der Waals surface area contributed by atoms with E-state index < -0.39 is 0 Å². The predicted octanol–water partition coefficient (Wildman–Crippen LogP) is 4.92. The zero-order valence-corrected chi connectivity index (χ0v) is 13.8. The molecule has 2 N–H and O–H groups in total. The van der Waals surface area contributed by atoms with Gasteiger partial charge in [-0.2, -0.15) is 0 Å². The molecule has 0 fully saturated rings. The summed E-state index contributed by atoms with van der Waals surface area (Å²) in [6, 6.07) is 26.9. The molecule has 0 amide bonds. The third-order valence-electron chi connectivity index (χ3n) is 3.86. The molecule has 0 saturated heterocycles. The summed E-state index contributed by atoms with van der Waals surface area (Å²) in [5.74, 6) is 0.880. The standard InChI is InChI=1S/C21H22N2O/c1-24-21-12-10-18(11-13-21)16-23-20-9-5-8-19(14-20)22-15-17-6-3-2-4-7-17/h2-14,22-23H,15-16H2,1H3. The van der Waals surface area contributed by atoms with Crippen molar-refractivity contribution in [3.05, 3.63) is 90.0 Å². The molecule has 0 bridgehead atoms. The van der Waals surface area contributed by atoms with Crippen molar-refractivity contribution >= 4 is 11.4 Å². The van der Waals surface area contributed by atoms with Crippen LogP contribution in [0.25, 0.3) is 0 Å². The maximum absolute atomic E-state index is 5.18. The summed E-state index contributed by atoms with van der Waals surface area (Å²) in [4.78, 5) is 0. The van der Waals surface area contributed by atoms with Gasteiger partial charge in [-0.05, 0) is 41.5 Å². The highest BCUT2D eigenvalue weighted by molar-refractivity contribution is 5.57. The molecule has 0 spiro atoms. The lowest BCUT2D eigenvalue weighted by Gasteiger charge is -2.11. The van der Waals surface area contributed by atoms with Gasteiger partial charge in [0.15, 0.2) is 0 Å². The van der Waals surface area contributed by atoms with Gasteiger partial charge in [0.25, 0.3) is 0 Å². The van der Waals surface area contributed by atoms with Crippen LogP contribution in [-0.2, 0) is 13.1 Å². The molecule has 3 heteroatoms. The van der Waals surface area contributed by atoms with Crippen LogP contribution >= 0.6 is 0 Å². The summed E-state index contributed by atoms with van der Waals surface area (Å²) < 4.78 is 5.18. The van der Waals surface area contributed by atoms with E-state index in [1.807, 2.05) is 18.2 Å². The molecule has 3 aromatic carbocycles. The third kappa shape index (κ3) is 4.53. The highest BCUT2D eigenvalue weighted by Crippen LogP contribution is 2.18. The second-order valence-corrected chi connectivity index (χ2v) is 5.62. The number of hydrogen-bond donors (Lipinski definition) is 2. The monoisotopic (exact) mass is 318 g/mol. The number of ether oxygens (including phenoxy) is 1. The molecule has 3 aromatic rings. The average Bonchev–Trinajstić information content (AvgIpc) is 2.66. The van der Waals surface area contributed by atoms with E-state index in [2.05, 4.69) is 71.3 Å². The van der Waals surface area contributed by atoms with Crippen LogP contribution in [0.2, 0.25) is 0 Å². The SMILES string of the molecule is COc1ccc(CNc2cccc(NCc3ccccc3)c2)cc1. The summed E-state index contributed by atoms with van der Waals surface area (Å²) in [6.07, 6.45) is 0. The molecule has 3 rings (SSSR count). The minimum atomic E-state index is 0.784. The van der Waals surface area contributed by atoms with Gasteiger partial charge in [-0.15, -0.1) is 0 Å². The van der Waals surface area contributed by atoms with E-state index in [-0.39, 0.29) is 0 Å². The van der Waals surface area contributed by atoms with E-state index in [1.54, 1.807) is 7.11 Å². The van der Waals surface area contributed by atoms with E-state index in [1.165, 1.54) is 11.1 Å². The van der Waals surface area contributed by atoms with Gasteiger partial charge >= 0.3 is 0 Å². The summed E-state index contributed by atoms with van der Waals surface area (Å²) in [7, 11) is 1.68. The van der Waals surface area contributed by atoms with Gasteiger partial charge in [0.2, 0.25) is 0 Å². The fourth-order valence-electron chi connectivity index (χ4n) is 2.49. The lowest BCUT2D eigenvalue weighted by molar-refractivity contribution is 0.414. The Balaban J connectivity index is 1.56. The van der Waals surface area contributed by atoms with Crippen LogP contribution in [-0.4, -0.2) is 7.11 Å². The van der Waals surface area contributed by atoms with Crippen LogP contribution in [0.3, 0.4) is 0 Å². The maximum atomic E-state index is 5.18. The molecule has 0 radical (unpaired) electrons. The zero-order chi connectivity index (χ0) is 16.6. The Bertz CT molecular complexity index is 754. The second kappa shape index (κ2) is 8.06. The third-order valence-corrected chi connectivity index (χ3v) is 3.86. The minimum Gasteiger partial charge on any atom is -0.497 e. The fourth-order valence-corrected chi connectivity index (χ4v) is 2.49. The van der Waals surface area contributed by atoms with Crippen molar-refractivity contribution in [2.24, 2.45) is 0 Å². The quantitative estimate of drug-likeness (QED) is 0.649. The topological polar surface area (TPSA) is 33.3 Å². The van der Waals surface area contributed by atoms with Crippen LogP contribution in [0.15, 0.2) is 78.9 Å².